The summed E-state index contributed by atoms with van der Waals surface area (Å²) in [6.07, 6.45) is 5.05. The summed E-state index contributed by atoms with van der Waals surface area (Å²) in [7, 11) is 0. The fourth-order valence-corrected chi connectivity index (χ4v) is 3.08. The van der Waals surface area contributed by atoms with Crippen molar-refractivity contribution in [2.75, 3.05) is 19.7 Å². The number of rotatable bonds is 6. The molecule has 6 nitrogen and oxygen atoms in total. The molecule has 1 N–H and O–H groups in total. The molecule has 1 aromatic carbocycles. The van der Waals surface area contributed by atoms with E-state index < -0.39 is 0 Å². The van der Waals surface area contributed by atoms with Crippen LogP contribution >= 0.6 is 0 Å². The highest BCUT2D eigenvalue weighted by molar-refractivity contribution is 5.94. The van der Waals surface area contributed by atoms with Gasteiger partial charge < -0.3 is 15.0 Å². The number of piperidine rings is 1. The van der Waals surface area contributed by atoms with Crippen molar-refractivity contribution in [2.45, 2.75) is 32.7 Å². The van der Waals surface area contributed by atoms with E-state index in [0.29, 0.717) is 17.9 Å². The highest BCUT2D eigenvalue weighted by Crippen LogP contribution is 2.14. The summed E-state index contributed by atoms with van der Waals surface area (Å²) in [6, 6.07) is 10.7. The summed E-state index contributed by atoms with van der Waals surface area (Å²) in [4.78, 5) is 30.4. The summed E-state index contributed by atoms with van der Waals surface area (Å²) in [5, 5.41) is 2.89. The lowest BCUT2D eigenvalue weighted by molar-refractivity contribution is -0.134. The minimum atomic E-state index is -0.152. The van der Waals surface area contributed by atoms with Gasteiger partial charge in [-0.2, -0.15) is 0 Å². The smallest absolute Gasteiger partial charge is 0.260 e. The summed E-state index contributed by atoms with van der Waals surface area (Å²) < 4.78 is 5.57. The zero-order valence-corrected chi connectivity index (χ0v) is 15.6. The molecule has 0 aliphatic carbocycles. The molecule has 0 saturated carbocycles. The number of nitrogens with one attached hydrogen (secondary N) is 1. The van der Waals surface area contributed by atoms with Crippen molar-refractivity contribution in [3.63, 3.8) is 0 Å². The summed E-state index contributed by atoms with van der Waals surface area (Å²) in [5.41, 5.74) is 2.48. The van der Waals surface area contributed by atoms with Crippen LogP contribution in [0.1, 0.15) is 40.9 Å². The van der Waals surface area contributed by atoms with E-state index >= 15 is 0 Å². The normalized spacial score (nSPS) is 13.9. The third kappa shape index (κ3) is 5.54. The van der Waals surface area contributed by atoms with Crippen LogP contribution in [0.15, 0.2) is 42.6 Å². The van der Waals surface area contributed by atoms with Crippen LogP contribution in [0.2, 0.25) is 0 Å². The highest BCUT2D eigenvalue weighted by Gasteiger charge is 2.16. The monoisotopic (exact) mass is 367 g/mol. The lowest BCUT2D eigenvalue weighted by Gasteiger charge is -2.26. The van der Waals surface area contributed by atoms with E-state index in [-0.39, 0.29) is 18.4 Å². The van der Waals surface area contributed by atoms with E-state index in [2.05, 4.69) is 10.3 Å². The van der Waals surface area contributed by atoms with Crippen LogP contribution in [0, 0.1) is 6.92 Å². The van der Waals surface area contributed by atoms with Crippen LogP contribution in [0.5, 0.6) is 5.75 Å². The number of hydrogen-bond acceptors (Lipinski definition) is 4. The van der Waals surface area contributed by atoms with Gasteiger partial charge in [-0.15, -0.1) is 0 Å². The van der Waals surface area contributed by atoms with Gasteiger partial charge in [0.2, 0.25) is 0 Å². The minimum Gasteiger partial charge on any atom is -0.484 e. The summed E-state index contributed by atoms with van der Waals surface area (Å²) in [6.45, 7) is 4.04. The van der Waals surface area contributed by atoms with Crippen molar-refractivity contribution < 1.29 is 14.3 Å². The second kappa shape index (κ2) is 9.16. The Labute approximate surface area is 159 Å². The predicted octanol–water partition coefficient (Wildman–Crippen LogP) is 2.71. The van der Waals surface area contributed by atoms with Gasteiger partial charge in [-0.1, -0.05) is 0 Å². The van der Waals surface area contributed by atoms with Gasteiger partial charge in [-0.3, -0.25) is 14.6 Å². The molecule has 0 bridgehead atoms. The lowest BCUT2D eigenvalue weighted by atomic mass is 10.1. The molecule has 6 heteroatoms. The fraction of sp³-hybridized carbons (Fsp3) is 0.381. The summed E-state index contributed by atoms with van der Waals surface area (Å²) >= 11 is 0. The zero-order valence-electron chi connectivity index (χ0n) is 15.6. The van der Waals surface area contributed by atoms with Gasteiger partial charge in [0.05, 0.1) is 0 Å². The first-order valence-electron chi connectivity index (χ1n) is 9.32. The Morgan fingerprint density at radius 3 is 2.56 bits per heavy atom. The SMILES string of the molecule is Cc1cc(CNC(=O)c2ccc(OCC(=O)N3CCCCC3)cc2)ccn1. The molecule has 1 aromatic heterocycles. The average Bonchev–Trinajstić information content (AvgIpc) is 2.71. The number of aryl methyl sites for hydroxylation is 1. The van der Waals surface area contributed by atoms with E-state index in [4.69, 9.17) is 4.74 Å². The number of aromatic nitrogens is 1. The van der Waals surface area contributed by atoms with Crippen molar-refractivity contribution in [1.29, 1.82) is 0 Å². The quantitative estimate of drug-likeness (QED) is 0.852. The van der Waals surface area contributed by atoms with Crippen LogP contribution in [-0.2, 0) is 11.3 Å². The van der Waals surface area contributed by atoms with Crippen molar-refractivity contribution in [1.82, 2.24) is 15.2 Å². The van der Waals surface area contributed by atoms with Gasteiger partial charge in [-0.25, -0.2) is 0 Å². The van der Waals surface area contributed by atoms with E-state index in [0.717, 1.165) is 37.2 Å². The van der Waals surface area contributed by atoms with Crippen LogP contribution in [-0.4, -0.2) is 41.4 Å². The third-order valence-corrected chi connectivity index (χ3v) is 4.60. The van der Waals surface area contributed by atoms with E-state index in [1.54, 1.807) is 30.5 Å². The Kier molecular flexibility index (Phi) is 6.41. The highest BCUT2D eigenvalue weighted by atomic mass is 16.5. The Hall–Kier alpha value is -2.89. The van der Waals surface area contributed by atoms with Gasteiger partial charge in [0.15, 0.2) is 6.61 Å². The largest absolute Gasteiger partial charge is 0.484 e. The first kappa shape index (κ1) is 18.9. The van der Waals surface area contributed by atoms with Crippen molar-refractivity contribution in [2.24, 2.45) is 0 Å². The summed E-state index contributed by atoms with van der Waals surface area (Å²) in [5.74, 6) is 0.450. The van der Waals surface area contributed by atoms with Gasteiger partial charge in [0, 0.05) is 37.1 Å². The average molecular weight is 367 g/mol. The molecule has 142 valence electrons. The Morgan fingerprint density at radius 2 is 1.85 bits per heavy atom. The fourth-order valence-electron chi connectivity index (χ4n) is 3.08. The maximum absolute atomic E-state index is 12.3. The van der Waals surface area contributed by atoms with Gasteiger partial charge in [0.1, 0.15) is 5.75 Å². The maximum Gasteiger partial charge on any atom is 0.260 e. The number of hydrogen-bond donors (Lipinski definition) is 1. The molecule has 1 fully saturated rings. The molecule has 2 aromatic rings. The number of carbonyl (C=O) groups is 2. The molecule has 0 radical (unpaired) electrons. The Morgan fingerprint density at radius 1 is 1.11 bits per heavy atom. The number of pyridine rings is 1. The minimum absolute atomic E-state index is 0.0177. The Bertz CT molecular complexity index is 784. The van der Waals surface area contributed by atoms with E-state index in [1.165, 1.54) is 6.42 Å². The topological polar surface area (TPSA) is 71.5 Å². The predicted molar refractivity (Wildman–Crippen MR) is 103 cm³/mol. The second-order valence-corrected chi connectivity index (χ2v) is 6.74. The van der Waals surface area contributed by atoms with E-state index in [1.807, 2.05) is 24.0 Å². The van der Waals surface area contributed by atoms with Gasteiger partial charge >= 0.3 is 0 Å². The molecule has 1 aliphatic rings. The molecule has 2 heterocycles. The van der Waals surface area contributed by atoms with Crippen LogP contribution in [0.4, 0.5) is 0 Å². The van der Waals surface area contributed by atoms with Crippen molar-refractivity contribution >= 4 is 11.8 Å². The van der Waals surface area contributed by atoms with E-state index in [9.17, 15) is 9.59 Å². The molecule has 27 heavy (non-hydrogen) atoms. The van der Waals surface area contributed by atoms with Crippen LogP contribution < -0.4 is 10.1 Å². The number of likely N-dealkylation sites (tertiary alicyclic amines) is 1. The molecular weight excluding hydrogens is 342 g/mol. The van der Waals surface area contributed by atoms with Crippen LogP contribution in [0.25, 0.3) is 0 Å². The molecule has 1 aliphatic heterocycles. The second-order valence-electron chi connectivity index (χ2n) is 6.74. The molecule has 1 saturated heterocycles. The standard InChI is InChI=1S/C21H25N3O3/c1-16-13-17(9-10-22-16)14-23-21(26)18-5-7-19(8-6-18)27-15-20(25)24-11-3-2-4-12-24/h5-10,13H,2-4,11-12,14-15H2,1H3,(H,23,26). The number of benzene rings is 1. The maximum atomic E-state index is 12.3. The van der Waals surface area contributed by atoms with Crippen molar-refractivity contribution in [3.8, 4) is 5.75 Å². The number of nitrogens with zero attached hydrogens (tertiary/aromatic N) is 2. The van der Waals surface area contributed by atoms with Crippen LogP contribution in [0.3, 0.4) is 0 Å². The van der Waals surface area contributed by atoms with Crippen molar-refractivity contribution in [3.05, 3.63) is 59.4 Å². The molecular formula is C21H25N3O3. The Balaban J connectivity index is 1.47. The zero-order chi connectivity index (χ0) is 19.1. The number of carbonyl (C=O) groups excluding carboxylic acids is 2. The van der Waals surface area contributed by atoms with Gasteiger partial charge in [0.25, 0.3) is 11.8 Å². The lowest BCUT2D eigenvalue weighted by Crippen LogP contribution is -2.38. The molecule has 3 rings (SSSR count). The number of amides is 2. The molecule has 0 atom stereocenters. The number of ether oxygens (including phenoxy) is 1. The van der Waals surface area contributed by atoms with Gasteiger partial charge in [-0.05, 0) is 68.1 Å². The molecule has 0 unspecified atom stereocenters. The first-order valence-corrected chi connectivity index (χ1v) is 9.32. The first-order chi connectivity index (χ1) is 13.1. The molecule has 0 spiro atoms. The molecule has 2 amide bonds. The third-order valence-electron chi connectivity index (χ3n) is 4.60.